The summed E-state index contributed by atoms with van der Waals surface area (Å²) < 4.78 is 5.47. The maximum atomic E-state index is 12.5. The number of ketones is 1. The minimum absolute atomic E-state index is 0.0718. The summed E-state index contributed by atoms with van der Waals surface area (Å²) in [5.41, 5.74) is 0.877. The van der Waals surface area contributed by atoms with Crippen LogP contribution in [0.3, 0.4) is 0 Å². The summed E-state index contributed by atoms with van der Waals surface area (Å²) in [6.07, 6.45) is 11.0. The van der Waals surface area contributed by atoms with Gasteiger partial charge in [0.2, 0.25) is 0 Å². The summed E-state index contributed by atoms with van der Waals surface area (Å²) in [7, 11) is 0. The van der Waals surface area contributed by atoms with E-state index in [-0.39, 0.29) is 22.9 Å². The van der Waals surface area contributed by atoms with Crippen molar-refractivity contribution in [3.05, 3.63) is 11.6 Å². The number of oxime groups is 1. The summed E-state index contributed by atoms with van der Waals surface area (Å²) in [5.74, 6) is 1.55. The van der Waals surface area contributed by atoms with Crippen LogP contribution in [0.2, 0.25) is 0 Å². The molecule has 0 heterocycles. The van der Waals surface area contributed by atoms with Gasteiger partial charge in [0.15, 0.2) is 0 Å². The second-order valence-electron chi connectivity index (χ2n) is 9.02. The van der Waals surface area contributed by atoms with Crippen LogP contribution in [-0.4, -0.2) is 29.3 Å². The fraction of sp³-hybridized carbons (Fsp3) is 0.762. The Bertz CT molecular complexity index is 683. The number of hydrogen-bond acceptors (Lipinski definition) is 5. The lowest BCUT2D eigenvalue weighted by Gasteiger charge is -2.56. The van der Waals surface area contributed by atoms with Crippen molar-refractivity contribution >= 4 is 18.0 Å². The predicted molar refractivity (Wildman–Crippen MR) is 96.9 cm³/mol. The lowest BCUT2D eigenvalue weighted by Crippen LogP contribution is -2.52. The lowest BCUT2D eigenvalue weighted by molar-refractivity contribution is -0.148. The summed E-state index contributed by atoms with van der Waals surface area (Å²) in [6, 6.07) is 0. The maximum absolute atomic E-state index is 12.5. The molecule has 0 amide bonds. The van der Waals surface area contributed by atoms with E-state index in [4.69, 9.17) is 4.74 Å². The van der Waals surface area contributed by atoms with Crippen LogP contribution in [0.4, 0.5) is 0 Å². The molecule has 4 aliphatic rings. The minimum Gasteiger partial charge on any atom is -0.462 e. The van der Waals surface area contributed by atoms with Crippen LogP contribution in [0.25, 0.3) is 0 Å². The van der Waals surface area contributed by atoms with E-state index in [0.717, 1.165) is 51.4 Å². The standard InChI is InChI=1S/C21H29NO4/c1-13(23)26-15-7-10-21(12-22-25)14(11-15)3-4-16-17-5-6-19(24)20(17,2)9-8-18(16)21/h3,12,15-18,25H,4-11H2,1-2H3/b22-12-/t15-,16+,17-,18-,20-,21-/m1/s1. The van der Waals surface area contributed by atoms with E-state index in [2.05, 4.69) is 18.2 Å². The fourth-order valence-corrected chi connectivity index (χ4v) is 6.78. The molecule has 0 bridgehead atoms. The first kappa shape index (κ1) is 17.7. The average Bonchev–Trinajstić information content (AvgIpc) is 2.90. The first-order chi connectivity index (χ1) is 12.4. The Morgan fingerprint density at radius 1 is 1.31 bits per heavy atom. The van der Waals surface area contributed by atoms with Gasteiger partial charge in [0, 0.05) is 30.6 Å². The monoisotopic (exact) mass is 359 g/mol. The number of hydrogen-bond donors (Lipinski definition) is 1. The number of nitrogens with zero attached hydrogens (tertiary/aromatic N) is 1. The third-order valence-electron chi connectivity index (χ3n) is 7.99. The van der Waals surface area contributed by atoms with Crippen molar-refractivity contribution in [2.24, 2.45) is 33.7 Å². The van der Waals surface area contributed by atoms with Crippen LogP contribution < -0.4 is 0 Å². The highest BCUT2D eigenvalue weighted by atomic mass is 16.5. The van der Waals surface area contributed by atoms with Gasteiger partial charge in [-0.25, -0.2) is 0 Å². The smallest absolute Gasteiger partial charge is 0.302 e. The Morgan fingerprint density at radius 3 is 2.85 bits per heavy atom. The SMILES string of the molecule is CC(=O)O[C@@H]1CC[C@@]2(/C=N\O)C(=CC[C@H]3[C@H]4CCC(=O)[C@]4(C)CC[C@H]32)C1. The highest BCUT2D eigenvalue weighted by Gasteiger charge is 2.59. The molecule has 0 aliphatic heterocycles. The highest BCUT2D eigenvalue weighted by Crippen LogP contribution is 2.63. The quantitative estimate of drug-likeness (QED) is 0.267. The first-order valence-corrected chi connectivity index (χ1v) is 9.99. The molecule has 0 aromatic rings. The van der Waals surface area contributed by atoms with E-state index in [1.807, 2.05) is 0 Å². The lowest BCUT2D eigenvalue weighted by atomic mass is 9.48. The second kappa shape index (κ2) is 6.21. The van der Waals surface area contributed by atoms with Crippen molar-refractivity contribution in [1.82, 2.24) is 0 Å². The molecule has 3 saturated carbocycles. The third-order valence-corrected chi connectivity index (χ3v) is 7.99. The molecule has 4 aliphatic carbocycles. The molecule has 142 valence electrons. The third kappa shape index (κ3) is 2.46. The molecule has 4 rings (SSSR count). The minimum atomic E-state index is -0.235. The summed E-state index contributed by atoms with van der Waals surface area (Å²) in [4.78, 5) is 23.9. The van der Waals surface area contributed by atoms with Gasteiger partial charge in [-0.15, -0.1) is 5.16 Å². The van der Waals surface area contributed by atoms with Gasteiger partial charge in [-0.3, -0.25) is 9.59 Å². The van der Waals surface area contributed by atoms with Gasteiger partial charge in [-0.05, 0) is 56.3 Å². The molecule has 0 radical (unpaired) electrons. The van der Waals surface area contributed by atoms with E-state index in [9.17, 15) is 14.8 Å². The van der Waals surface area contributed by atoms with Crippen molar-refractivity contribution in [3.8, 4) is 0 Å². The van der Waals surface area contributed by atoms with Gasteiger partial charge in [0.1, 0.15) is 11.9 Å². The molecular weight excluding hydrogens is 330 g/mol. The van der Waals surface area contributed by atoms with E-state index in [1.165, 1.54) is 12.5 Å². The molecule has 0 aromatic carbocycles. The van der Waals surface area contributed by atoms with Crippen molar-refractivity contribution in [2.45, 2.75) is 71.3 Å². The Morgan fingerprint density at radius 2 is 2.12 bits per heavy atom. The Kier molecular flexibility index (Phi) is 4.24. The van der Waals surface area contributed by atoms with Crippen LogP contribution in [0, 0.1) is 28.6 Å². The number of carbonyl (C=O) groups is 2. The molecule has 0 unspecified atom stereocenters. The van der Waals surface area contributed by atoms with Crippen molar-refractivity contribution in [1.29, 1.82) is 0 Å². The number of allylic oxidation sites excluding steroid dienone is 1. The Hall–Kier alpha value is -1.65. The first-order valence-electron chi connectivity index (χ1n) is 9.99. The van der Waals surface area contributed by atoms with Gasteiger partial charge in [0.05, 0.1) is 6.21 Å². The van der Waals surface area contributed by atoms with Gasteiger partial charge < -0.3 is 9.94 Å². The fourth-order valence-electron chi connectivity index (χ4n) is 6.78. The number of esters is 1. The van der Waals surface area contributed by atoms with Crippen molar-refractivity contribution < 1.29 is 19.5 Å². The van der Waals surface area contributed by atoms with Crippen molar-refractivity contribution in [2.75, 3.05) is 0 Å². The molecule has 3 fully saturated rings. The zero-order valence-corrected chi connectivity index (χ0v) is 15.7. The molecule has 6 atom stereocenters. The molecular formula is C21H29NO4. The Labute approximate surface area is 154 Å². The predicted octanol–water partition coefficient (Wildman–Crippen LogP) is 3.89. The molecule has 5 nitrogen and oxygen atoms in total. The maximum Gasteiger partial charge on any atom is 0.302 e. The van der Waals surface area contributed by atoms with Crippen LogP contribution in [-0.2, 0) is 14.3 Å². The van der Waals surface area contributed by atoms with Gasteiger partial charge in [-0.1, -0.05) is 18.6 Å². The number of Topliss-reactive ketones (excluding diaryl/α,β-unsaturated/α-hetero) is 1. The number of carbonyl (C=O) groups excluding carboxylic acids is 2. The molecule has 26 heavy (non-hydrogen) atoms. The normalized spacial score (nSPS) is 44.8. The zero-order valence-electron chi connectivity index (χ0n) is 15.7. The number of rotatable bonds is 2. The molecule has 0 aromatic heterocycles. The Balaban J connectivity index is 1.67. The largest absolute Gasteiger partial charge is 0.462 e. The average molecular weight is 359 g/mol. The van der Waals surface area contributed by atoms with E-state index < -0.39 is 0 Å². The van der Waals surface area contributed by atoms with Crippen LogP contribution in [0.15, 0.2) is 16.8 Å². The van der Waals surface area contributed by atoms with Gasteiger partial charge >= 0.3 is 5.97 Å². The number of fused-ring (bicyclic) bond motifs is 5. The van der Waals surface area contributed by atoms with Gasteiger partial charge in [0.25, 0.3) is 0 Å². The highest BCUT2D eigenvalue weighted by molar-refractivity contribution is 5.87. The second-order valence-corrected chi connectivity index (χ2v) is 9.02. The van der Waals surface area contributed by atoms with Crippen LogP contribution in [0.5, 0.6) is 0 Å². The van der Waals surface area contributed by atoms with Crippen molar-refractivity contribution in [3.63, 3.8) is 0 Å². The van der Waals surface area contributed by atoms with E-state index in [1.54, 1.807) is 6.21 Å². The molecule has 1 N–H and O–H groups in total. The van der Waals surface area contributed by atoms with Gasteiger partial charge in [-0.2, -0.15) is 0 Å². The molecule has 0 spiro atoms. The van der Waals surface area contributed by atoms with E-state index in [0.29, 0.717) is 23.5 Å². The van der Waals surface area contributed by atoms with E-state index >= 15 is 0 Å². The summed E-state index contributed by atoms with van der Waals surface area (Å²) in [5, 5.41) is 12.9. The molecule has 0 saturated heterocycles. The molecule has 5 heteroatoms. The topological polar surface area (TPSA) is 76.0 Å². The van der Waals surface area contributed by atoms with Crippen LogP contribution >= 0.6 is 0 Å². The number of ether oxygens (including phenoxy) is 1. The zero-order chi connectivity index (χ0) is 18.5. The summed E-state index contributed by atoms with van der Waals surface area (Å²) in [6.45, 7) is 3.63. The van der Waals surface area contributed by atoms with Crippen LogP contribution in [0.1, 0.15) is 65.2 Å². The summed E-state index contributed by atoms with van der Waals surface area (Å²) >= 11 is 0.